The normalized spacial score (nSPS) is 12.1. The van der Waals surface area contributed by atoms with E-state index in [1.165, 1.54) is 23.8 Å². The first kappa shape index (κ1) is 16.4. The standard InChI is InChI=1S/C19H17N5OS/c1-12(25)21-16-5-3-4-13(8-16)18-22-23-19(26-18)24(2)17-7-6-14-10-20-11-15(14)9-17/h3-9,11H,10H2,1-2H3,(H,21,25). The number of nitrogens with one attached hydrogen (secondary N) is 1. The number of amides is 1. The molecular formula is C19H17N5OS. The molecule has 0 spiro atoms. The number of fused-ring (bicyclic) bond motifs is 1. The van der Waals surface area contributed by atoms with Crippen LogP contribution in [0.5, 0.6) is 0 Å². The number of carbonyl (C=O) groups is 1. The maximum atomic E-state index is 11.2. The molecule has 1 aromatic heterocycles. The first-order chi connectivity index (χ1) is 12.6. The second-order valence-electron chi connectivity index (χ2n) is 6.06. The number of nitrogens with zero attached hydrogens (tertiary/aromatic N) is 4. The molecule has 0 fully saturated rings. The maximum absolute atomic E-state index is 11.2. The largest absolute Gasteiger partial charge is 0.326 e. The number of aromatic nitrogens is 2. The highest BCUT2D eigenvalue weighted by Gasteiger charge is 2.14. The molecule has 0 bridgehead atoms. The van der Waals surface area contributed by atoms with Gasteiger partial charge in [0.05, 0.1) is 6.54 Å². The Labute approximate surface area is 155 Å². The molecule has 1 N–H and O–H groups in total. The second kappa shape index (κ2) is 6.68. The van der Waals surface area contributed by atoms with Gasteiger partial charge < -0.3 is 10.2 Å². The first-order valence-corrected chi connectivity index (χ1v) is 9.00. The molecule has 6 nitrogen and oxygen atoms in total. The summed E-state index contributed by atoms with van der Waals surface area (Å²) in [6, 6.07) is 13.9. The van der Waals surface area contributed by atoms with Crippen molar-refractivity contribution in [3.05, 3.63) is 53.6 Å². The molecule has 2 heterocycles. The maximum Gasteiger partial charge on any atom is 0.221 e. The van der Waals surface area contributed by atoms with Gasteiger partial charge in [-0.3, -0.25) is 9.79 Å². The number of carbonyl (C=O) groups excluding carboxylic acids is 1. The van der Waals surface area contributed by atoms with E-state index in [2.05, 4.69) is 38.7 Å². The van der Waals surface area contributed by atoms with Gasteiger partial charge in [0.25, 0.3) is 0 Å². The van der Waals surface area contributed by atoms with Crippen LogP contribution in [0, 0.1) is 0 Å². The van der Waals surface area contributed by atoms with Crippen LogP contribution in [-0.4, -0.2) is 29.4 Å². The van der Waals surface area contributed by atoms with Gasteiger partial charge in [-0.05, 0) is 35.4 Å². The van der Waals surface area contributed by atoms with Gasteiger partial charge in [0, 0.05) is 37.1 Å². The summed E-state index contributed by atoms with van der Waals surface area (Å²) in [7, 11) is 1.98. The topological polar surface area (TPSA) is 70.5 Å². The van der Waals surface area contributed by atoms with Crippen molar-refractivity contribution in [3.63, 3.8) is 0 Å². The number of hydrogen-bond donors (Lipinski definition) is 1. The van der Waals surface area contributed by atoms with Crippen LogP contribution in [0.15, 0.2) is 47.5 Å². The van der Waals surface area contributed by atoms with Crippen molar-refractivity contribution in [3.8, 4) is 10.6 Å². The fourth-order valence-corrected chi connectivity index (χ4v) is 3.63. The molecule has 2 aromatic carbocycles. The average Bonchev–Trinajstić information content (AvgIpc) is 3.29. The number of anilines is 3. The predicted molar refractivity (Wildman–Crippen MR) is 105 cm³/mol. The fraction of sp³-hybridized carbons (Fsp3) is 0.158. The lowest BCUT2D eigenvalue weighted by molar-refractivity contribution is -0.114. The van der Waals surface area contributed by atoms with Crippen molar-refractivity contribution in [2.45, 2.75) is 13.5 Å². The third-order valence-electron chi connectivity index (χ3n) is 4.14. The molecule has 4 rings (SSSR count). The fourth-order valence-electron chi connectivity index (χ4n) is 2.81. The molecule has 0 aliphatic carbocycles. The van der Waals surface area contributed by atoms with E-state index in [9.17, 15) is 4.79 Å². The minimum absolute atomic E-state index is 0.0972. The van der Waals surface area contributed by atoms with E-state index in [-0.39, 0.29) is 5.91 Å². The van der Waals surface area contributed by atoms with Crippen LogP contribution in [-0.2, 0) is 11.3 Å². The van der Waals surface area contributed by atoms with Crippen LogP contribution in [0.3, 0.4) is 0 Å². The summed E-state index contributed by atoms with van der Waals surface area (Å²) in [5.74, 6) is -0.0972. The van der Waals surface area contributed by atoms with Gasteiger partial charge >= 0.3 is 0 Å². The third-order valence-corrected chi connectivity index (χ3v) is 5.19. The van der Waals surface area contributed by atoms with Gasteiger partial charge in [0.15, 0.2) is 0 Å². The molecule has 0 unspecified atom stereocenters. The van der Waals surface area contributed by atoms with Crippen LogP contribution in [0.4, 0.5) is 16.5 Å². The Bertz CT molecular complexity index is 1010. The highest BCUT2D eigenvalue weighted by molar-refractivity contribution is 7.18. The van der Waals surface area contributed by atoms with Crippen LogP contribution < -0.4 is 10.2 Å². The molecule has 1 aliphatic rings. The summed E-state index contributed by atoms with van der Waals surface area (Å²) >= 11 is 1.51. The molecular weight excluding hydrogens is 346 g/mol. The molecule has 3 aromatic rings. The van der Waals surface area contributed by atoms with Crippen LogP contribution in [0.1, 0.15) is 18.1 Å². The quantitative estimate of drug-likeness (QED) is 0.764. The van der Waals surface area contributed by atoms with E-state index < -0.39 is 0 Å². The van der Waals surface area contributed by atoms with Gasteiger partial charge in [0.2, 0.25) is 11.0 Å². The molecule has 0 saturated carbocycles. The second-order valence-corrected chi connectivity index (χ2v) is 7.02. The third kappa shape index (κ3) is 3.21. The Morgan fingerprint density at radius 2 is 2.08 bits per heavy atom. The van der Waals surface area contributed by atoms with E-state index in [0.29, 0.717) is 0 Å². The van der Waals surface area contributed by atoms with Gasteiger partial charge in [-0.25, -0.2) is 0 Å². The summed E-state index contributed by atoms with van der Waals surface area (Å²) in [5.41, 5.74) is 5.12. The van der Waals surface area contributed by atoms with Crippen LogP contribution in [0.25, 0.3) is 10.6 Å². The highest BCUT2D eigenvalue weighted by atomic mass is 32.1. The Kier molecular flexibility index (Phi) is 4.22. The van der Waals surface area contributed by atoms with Gasteiger partial charge in [-0.15, -0.1) is 10.2 Å². The van der Waals surface area contributed by atoms with Crippen LogP contribution >= 0.6 is 11.3 Å². The zero-order chi connectivity index (χ0) is 18.1. The highest BCUT2D eigenvalue weighted by Crippen LogP contribution is 2.33. The van der Waals surface area contributed by atoms with E-state index in [4.69, 9.17) is 0 Å². The smallest absolute Gasteiger partial charge is 0.221 e. The first-order valence-electron chi connectivity index (χ1n) is 8.18. The molecule has 26 heavy (non-hydrogen) atoms. The molecule has 130 valence electrons. The molecule has 7 heteroatoms. The van der Waals surface area contributed by atoms with Gasteiger partial charge in [-0.1, -0.05) is 29.5 Å². The average molecular weight is 363 g/mol. The lowest BCUT2D eigenvalue weighted by Crippen LogP contribution is -2.09. The van der Waals surface area contributed by atoms with Gasteiger partial charge in [0.1, 0.15) is 5.01 Å². The zero-order valence-corrected chi connectivity index (χ0v) is 15.2. The number of aliphatic imine (C=N–C) groups is 1. The number of benzene rings is 2. The predicted octanol–water partition coefficient (Wildman–Crippen LogP) is 3.86. The number of rotatable bonds is 4. The minimum atomic E-state index is -0.0972. The van der Waals surface area contributed by atoms with Crippen molar-refractivity contribution in [1.82, 2.24) is 10.2 Å². The minimum Gasteiger partial charge on any atom is -0.326 e. The zero-order valence-electron chi connectivity index (χ0n) is 14.4. The summed E-state index contributed by atoms with van der Waals surface area (Å²) in [5, 5.41) is 13.0. The van der Waals surface area contributed by atoms with E-state index in [1.807, 2.05) is 42.4 Å². The summed E-state index contributed by atoms with van der Waals surface area (Å²) in [6.45, 7) is 2.25. The van der Waals surface area contributed by atoms with Crippen molar-refractivity contribution in [2.75, 3.05) is 17.3 Å². The lowest BCUT2D eigenvalue weighted by Gasteiger charge is -2.15. The van der Waals surface area contributed by atoms with Crippen molar-refractivity contribution < 1.29 is 4.79 Å². The van der Waals surface area contributed by atoms with E-state index in [0.717, 1.165) is 39.2 Å². The molecule has 0 radical (unpaired) electrons. The summed E-state index contributed by atoms with van der Waals surface area (Å²) in [6.07, 6.45) is 1.91. The summed E-state index contributed by atoms with van der Waals surface area (Å²) in [4.78, 5) is 17.6. The molecule has 0 saturated heterocycles. The van der Waals surface area contributed by atoms with Gasteiger partial charge in [-0.2, -0.15) is 0 Å². The van der Waals surface area contributed by atoms with Crippen molar-refractivity contribution >= 4 is 40.0 Å². The summed E-state index contributed by atoms with van der Waals surface area (Å²) < 4.78 is 0. The molecule has 1 aliphatic heterocycles. The van der Waals surface area contributed by atoms with E-state index >= 15 is 0 Å². The Hall–Kier alpha value is -3.06. The monoisotopic (exact) mass is 363 g/mol. The van der Waals surface area contributed by atoms with Crippen molar-refractivity contribution in [2.24, 2.45) is 4.99 Å². The van der Waals surface area contributed by atoms with E-state index in [1.54, 1.807) is 0 Å². The van der Waals surface area contributed by atoms with Crippen LogP contribution in [0.2, 0.25) is 0 Å². The SMILES string of the molecule is CC(=O)Nc1cccc(-c2nnc(N(C)c3ccc4c(c3)C=NC4)s2)c1. The Balaban J connectivity index is 1.60. The Morgan fingerprint density at radius 1 is 1.19 bits per heavy atom. The molecule has 1 amide bonds. The lowest BCUT2D eigenvalue weighted by atomic mass is 10.1. The number of hydrogen-bond acceptors (Lipinski definition) is 6. The molecule has 0 atom stereocenters. The Morgan fingerprint density at radius 3 is 2.92 bits per heavy atom. The van der Waals surface area contributed by atoms with Crippen molar-refractivity contribution in [1.29, 1.82) is 0 Å².